The number of piperazine rings is 1. The summed E-state index contributed by atoms with van der Waals surface area (Å²) in [7, 11) is 0. The quantitative estimate of drug-likeness (QED) is 0.264. The maximum atomic E-state index is 13.5. The van der Waals surface area contributed by atoms with Crippen LogP contribution in [0.15, 0.2) is 60.7 Å². The number of anilines is 2. The number of carbonyl (C=O) groups is 4. The van der Waals surface area contributed by atoms with Gasteiger partial charge in [-0.1, -0.05) is 39.3 Å². The minimum absolute atomic E-state index is 0.0981. The number of rotatable bonds is 9. The van der Waals surface area contributed by atoms with Crippen LogP contribution in [0.1, 0.15) is 85.2 Å². The number of halogens is 1. The first-order valence-electron chi connectivity index (χ1n) is 20.5. The third-order valence-electron chi connectivity index (χ3n) is 13.3. The maximum Gasteiger partial charge on any atom is 0.255 e. The lowest BCUT2D eigenvalue weighted by molar-refractivity contribution is -0.164. The Hall–Kier alpha value is -5.12. The third kappa shape index (κ3) is 7.50. The van der Waals surface area contributed by atoms with Gasteiger partial charge in [0.05, 0.1) is 10.6 Å². The van der Waals surface area contributed by atoms with E-state index in [9.17, 15) is 24.4 Å². The van der Waals surface area contributed by atoms with E-state index < -0.39 is 6.04 Å². The molecule has 8 rings (SSSR count). The topological polar surface area (TPSA) is 138 Å². The van der Waals surface area contributed by atoms with E-state index in [1.54, 1.807) is 23.1 Å². The van der Waals surface area contributed by atoms with Gasteiger partial charge in [-0.15, -0.1) is 0 Å². The van der Waals surface area contributed by atoms with E-state index in [-0.39, 0.29) is 53.0 Å². The van der Waals surface area contributed by atoms with Crippen LogP contribution in [0.25, 0.3) is 0 Å². The number of ether oxygens (including phenoxy) is 1. The summed E-state index contributed by atoms with van der Waals surface area (Å²) in [6, 6.07) is 20.5. The Morgan fingerprint density at radius 2 is 1.55 bits per heavy atom. The lowest BCUT2D eigenvalue weighted by Gasteiger charge is -2.63. The van der Waals surface area contributed by atoms with E-state index >= 15 is 0 Å². The smallest absolute Gasteiger partial charge is 0.255 e. The van der Waals surface area contributed by atoms with Crippen LogP contribution >= 0.6 is 11.6 Å². The Balaban J connectivity index is 0.781. The average molecular weight is 806 g/mol. The van der Waals surface area contributed by atoms with Crippen LogP contribution in [0.5, 0.6) is 5.75 Å². The first-order valence-corrected chi connectivity index (χ1v) is 20.9. The van der Waals surface area contributed by atoms with Crippen LogP contribution in [-0.2, 0) is 16.1 Å². The summed E-state index contributed by atoms with van der Waals surface area (Å²) < 4.78 is 6.39. The molecule has 3 aromatic rings. The zero-order valence-electron chi connectivity index (χ0n) is 33.7. The molecule has 5 aliphatic rings. The monoisotopic (exact) mass is 805 g/mol. The lowest BCUT2D eigenvalue weighted by Crippen LogP contribution is -2.74. The molecule has 4 aliphatic heterocycles. The van der Waals surface area contributed by atoms with Crippen LogP contribution in [0.4, 0.5) is 11.4 Å². The van der Waals surface area contributed by atoms with Crippen molar-refractivity contribution < 1.29 is 23.9 Å². The summed E-state index contributed by atoms with van der Waals surface area (Å²) in [5, 5.41) is 15.2. The molecule has 3 aromatic carbocycles. The first kappa shape index (κ1) is 39.7. The highest BCUT2D eigenvalue weighted by atomic mass is 35.5. The molecule has 4 fully saturated rings. The van der Waals surface area contributed by atoms with Gasteiger partial charge in [0.15, 0.2) is 0 Å². The van der Waals surface area contributed by atoms with Crippen molar-refractivity contribution in [1.82, 2.24) is 20.4 Å². The fourth-order valence-corrected chi connectivity index (χ4v) is 10.5. The number of nitrogens with one attached hydrogen (secondary N) is 2. The highest BCUT2D eigenvalue weighted by Gasteiger charge is 2.64. The molecule has 12 nitrogen and oxygen atoms in total. The first-order chi connectivity index (χ1) is 27.7. The van der Waals surface area contributed by atoms with Gasteiger partial charge in [0.2, 0.25) is 11.8 Å². The molecule has 1 aliphatic carbocycles. The molecule has 2 N–H and O–H groups in total. The molecule has 4 heterocycles. The van der Waals surface area contributed by atoms with Gasteiger partial charge < -0.3 is 24.8 Å². The van der Waals surface area contributed by atoms with Crippen molar-refractivity contribution in [3.8, 4) is 11.8 Å². The number of imide groups is 1. The van der Waals surface area contributed by atoms with Crippen molar-refractivity contribution in [1.29, 1.82) is 5.26 Å². The molecule has 1 atom stereocenters. The molecular formula is C45H52ClN7O5. The van der Waals surface area contributed by atoms with Crippen LogP contribution in [0.3, 0.4) is 0 Å². The second-order valence-electron chi connectivity index (χ2n) is 17.8. The van der Waals surface area contributed by atoms with Crippen molar-refractivity contribution in [2.24, 2.45) is 16.7 Å². The van der Waals surface area contributed by atoms with E-state index in [1.165, 1.54) is 0 Å². The maximum absolute atomic E-state index is 13.5. The summed E-state index contributed by atoms with van der Waals surface area (Å²) in [5.41, 5.74) is 4.19. The van der Waals surface area contributed by atoms with Gasteiger partial charge in [-0.3, -0.25) is 29.4 Å². The van der Waals surface area contributed by atoms with Crippen LogP contribution in [0.2, 0.25) is 5.02 Å². The normalized spacial score (nSPS) is 24.4. The number of benzene rings is 3. The Bertz CT molecular complexity index is 2130. The van der Waals surface area contributed by atoms with Crippen LogP contribution < -0.4 is 25.2 Å². The number of nitrogens with zero attached hydrogens (tertiary/aromatic N) is 5. The predicted octanol–water partition coefficient (Wildman–Crippen LogP) is 5.62. The number of piperidine rings is 2. The van der Waals surface area contributed by atoms with Crippen molar-refractivity contribution in [3.63, 3.8) is 0 Å². The third-order valence-corrected chi connectivity index (χ3v) is 13.6. The number of hydrogen-bond acceptors (Lipinski definition) is 9. The van der Waals surface area contributed by atoms with Crippen LogP contribution in [0, 0.1) is 28.1 Å². The Morgan fingerprint density at radius 3 is 2.21 bits per heavy atom. The second kappa shape index (κ2) is 15.6. The van der Waals surface area contributed by atoms with E-state index in [4.69, 9.17) is 16.3 Å². The number of amides is 4. The van der Waals surface area contributed by atoms with Gasteiger partial charge in [0.1, 0.15) is 24.0 Å². The summed E-state index contributed by atoms with van der Waals surface area (Å²) in [4.78, 5) is 59.7. The summed E-state index contributed by atoms with van der Waals surface area (Å²) in [6.07, 6.45) is 2.68. The molecule has 0 spiro atoms. The Labute approximate surface area is 345 Å². The fourth-order valence-electron chi connectivity index (χ4n) is 10.3. The van der Waals surface area contributed by atoms with Gasteiger partial charge in [0.25, 0.3) is 11.8 Å². The molecule has 0 bridgehead atoms. The van der Waals surface area contributed by atoms with E-state index in [0.29, 0.717) is 46.3 Å². The second-order valence-corrected chi connectivity index (χ2v) is 18.2. The highest BCUT2D eigenvalue weighted by Crippen LogP contribution is 2.55. The number of carbonyl (C=O) groups excluding carboxylic acids is 4. The standard InChI is InChI=1S/C45H52ClN7O5/c1-44(2)42(45(3,4)43(44)58-34-11-7-30(25-47)36(46)24-34)49-39(55)29-5-8-32(9-6-29)51-17-15-28(16-18-51)26-50-19-21-52(22-20-50)33-10-12-35-31(23-33)27-53(41(35)57)37-13-14-38(54)48-40(37)56/h5-12,23-24,28,37,42-43H,13-22,26-27H2,1-4H3,(H,49,55)(H,48,54,56)/t37?,42-,43-. The van der Waals surface area contributed by atoms with Crippen molar-refractivity contribution in [2.45, 2.75) is 78.1 Å². The molecule has 1 unspecified atom stereocenters. The minimum Gasteiger partial charge on any atom is -0.489 e. The molecular weight excluding hydrogens is 754 g/mol. The molecule has 1 saturated carbocycles. The van der Waals surface area contributed by atoms with Crippen molar-refractivity contribution in [3.05, 3.63) is 87.9 Å². The molecule has 13 heteroatoms. The minimum atomic E-state index is -0.602. The Morgan fingerprint density at radius 1 is 0.879 bits per heavy atom. The number of nitriles is 1. The van der Waals surface area contributed by atoms with E-state index in [2.05, 4.69) is 77.3 Å². The van der Waals surface area contributed by atoms with Gasteiger partial charge >= 0.3 is 0 Å². The van der Waals surface area contributed by atoms with E-state index in [1.807, 2.05) is 24.3 Å². The van der Waals surface area contributed by atoms with Crippen molar-refractivity contribution in [2.75, 3.05) is 55.6 Å². The largest absolute Gasteiger partial charge is 0.489 e. The molecule has 0 aromatic heterocycles. The SMILES string of the molecule is CC1(C)[C@H](NC(=O)c2ccc(N3CCC(CN4CCN(c5ccc6c(c5)CN(C5CCC(=O)NC5=O)C6=O)CC4)CC3)cc2)C(C)(C)[C@H]1Oc1ccc(C#N)c(Cl)c1. The Kier molecular flexibility index (Phi) is 10.7. The number of fused-ring (bicyclic) bond motifs is 1. The van der Waals surface area contributed by atoms with Gasteiger partial charge in [-0.2, -0.15) is 5.26 Å². The molecule has 58 heavy (non-hydrogen) atoms. The predicted molar refractivity (Wildman–Crippen MR) is 222 cm³/mol. The summed E-state index contributed by atoms with van der Waals surface area (Å²) in [6.45, 7) is 15.7. The molecule has 0 radical (unpaired) electrons. The zero-order chi connectivity index (χ0) is 40.9. The molecule has 304 valence electrons. The molecule has 3 saturated heterocycles. The van der Waals surface area contributed by atoms with Gasteiger partial charge in [0, 0.05) is 104 Å². The number of hydrogen-bond donors (Lipinski definition) is 2. The summed E-state index contributed by atoms with van der Waals surface area (Å²) in [5.74, 6) is 0.337. The van der Waals surface area contributed by atoms with Gasteiger partial charge in [-0.05, 0) is 85.3 Å². The average Bonchev–Trinajstić information content (AvgIpc) is 3.54. The lowest BCUT2D eigenvalue weighted by atomic mass is 9.49. The van der Waals surface area contributed by atoms with Crippen molar-refractivity contribution >= 4 is 46.6 Å². The van der Waals surface area contributed by atoms with E-state index in [0.717, 1.165) is 75.6 Å². The fraction of sp³-hybridized carbons (Fsp3) is 0.489. The zero-order valence-corrected chi connectivity index (χ0v) is 34.5. The highest BCUT2D eigenvalue weighted by molar-refractivity contribution is 6.31. The molecule has 4 amide bonds. The van der Waals surface area contributed by atoms with Crippen LogP contribution in [-0.4, -0.2) is 97.4 Å². The summed E-state index contributed by atoms with van der Waals surface area (Å²) >= 11 is 6.26. The van der Waals surface area contributed by atoms with Gasteiger partial charge in [-0.25, -0.2) is 0 Å².